The van der Waals surface area contributed by atoms with E-state index in [4.69, 9.17) is 4.74 Å². The molecule has 0 atom stereocenters. The van der Waals surface area contributed by atoms with Gasteiger partial charge in [-0.3, -0.25) is 4.79 Å². The maximum Gasteiger partial charge on any atom is 0.238 e. The summed E-state index contributed by atoms with van der Waals surface area (Å²) in [6.07, 6.45) is 19.2. The van der Waals surface area contributed by atoms with E-state index in [0.29, 0.717) is 19.1 Å². The van der Waals surface area contributed by atoms with Gasteiger partial charge in [0.1, 0.15) is 5.75 Å². The van der Waals surface area contributed by atoms with Crippen LogP contribution in [-0.4, -0.2) is 25.6 Å². The highest BCUT2D eigenvalue weighted by Gasteiger charge is 2.03. The molecule has 4 heteroatoms. The van der Waals surface area contributed by atoms with E-state index in [1.807, 2.05) is 24.3 Å². The lowest BCUT2D eigenvalue weighted by molar-refractivity contribution is -0.115. The van der Waals surface area contributed by atoms with Gasteiger partial charge in [-0.15, -0.1) is 0 Å². The molecular formula is C28H50N2O2. The molecule has 32 heavy (non-hydrogen) atoms. The van der Waals surface area contributed by atoms with Crippen LogP contribution < -0.4 is 15.4 Å². The highest BCUT2D eigenvalue weighted by molar-refractivity contribution is 5.92. The Balaban J connectivity index is 1.88. The molecule has 0 fully saturated rings. The van der Waals surface area contributed by atoms with Crippen LogP contribution in [0.5, 0.6) is 5.75 Å². The maximum absolute atomic E-state index is 12.1. The largest absolute Gasteiger partial charge is 0.493 e. The van der Waals surface area contributed by atoms with E-state index < -0.39 is 0 Å². The lowest BCUT2D eigenvalue weighted by atomic mass is 10.0. The summed E-state index contributed by atoms with van der Waals surface area (Å²) in [5.74, 6) is 1.35. The fourth-order valence-corrected chi connectivity index (χ4v) is 3.75. The van der Waals surface area contributed by atoms with E-state index in [1.54, 1.807) is 0 Å². The van der Waals surface area contributed by atoms with Crippen molar-refractivity contribution in [3.05, 3.63) is 24.3 Å². The Hall–Kier alpha value is -1.55. The number of rotatable bonds is 21. The number of ether oxygens (including phenoxy) is 1. The summed E-state index contributed by atoms with van der Waals surface area (Å²) in [4.78, 5) is 12.1. The second-order valence-electron chi connectivity index (χ2n) is 9.55. The standard InChI is InChI=1S/C28H50N2O2/c1-4-5-6-7-8-9-10-11-12-13-14-15-16-17-22-29-23-28(31)30-26-18-20-27(21-19-26)32-24-25(2)3/h18-21,25,29H,4-17,22-24H2,1-3H3,(H,30,31). The molecule has 1 amide bonds. The molecule has 4 nitrogen and oxygen atoms in total. The number of carbonyl (C=O) groups excluding carboxylic acids is 1. The molecule has 0 unspecified atom stereocenters. The summed E-state index contributed by atoms with van der Waals surface area (Å²) in [5, 5.41) is 6.19. The Morgan fingerprint density at radius 1 is 0.781 bits per heavy atom. The van der Waals surface area contributed by atoms with Crippen molar-refractivity contribution in [1.29, 1.82) is 0 Å². The molecule has 0 aliphatic heterocycles. The van der Waals surface area contributed by atoms with Crippen molar-refractivity contribution in [3.8, 4) is 5.75 Å². The number of unbranched alkanes of at least 4 members (excludes halogenated alkanes) is 13. The van der Waals surface area contributed by atoms with Gasteiger partial charge >= 0.3 is 0 Å². The maximum atomic E-state index is 12.1. The van der Waals surface area contributed by atoms with Gasteiger partial charge in [-0.25, -0.2) is 0 Å². The minimum atomic E-state index is 0.00575. The van der Waals surface area contributed by atoms with Crippen molar-refractivity contribution in [2.24, 2.45) is 5.92 Å². The highest BCUT2D eigenvalue weighted by Crippen LogP contribution is 2.16. The lowest BCUT2D eigenvalue weighted by Crippen LogP contribution is -2.28. The molecule has 1 aromatic rings. The van der Waals surface area contributed by atoms with Crippen molar-refractivity contribution in [1.82, 2.24) is 5.32 Å². The van der Waals surface area contributed by atoms with Crippen molar-refractivity contribution < 1.29 is 9.53 Å². The third kappa shape index (κ3) is 17.1. The lowest BCUT2D eigenvalue weighted by Gasteiger charge is -2.10. The predicted octanol–water partition coefficient (Wildman–Crippen LogP) is 7.73. The monoisotopic (exact) mass is 446 g/mol. The van der Waals surface area contributed by atoms with Gasteiger partial charge in [0.2, 0.25) is 5.91 Å². The molecule has 0 radical (unpaired) electrons. The number of hydrogen-bond donors (Lipinski definition) is 2. The Bertz CT molecular complexity index is 557. The van der Waals surface area contributed by atoms with Gasteiger partial charge in [0.05, 0.1) is 13.2 Å². The fourth-order valence-electron chi connectivity index (χ4n) is 3.75. The second-order valence-corrected chi connectivity index (χ2v) is 9.55. The fraction of sp³-hybridized carbons (Fsp3) is 0.750. The smallest absolute Gasteiger partial charge is 0.238 e. The normalized spacial score (nSPS) is 11.1. The molecule has 1 rings (SSSR count). The van der Waals surface area contributed by atoms with Crippen LogP contribution in [0.2, 0.25) is 0 Å². The average Bonchev–Trinajstić information content (AvgIpc) is 2.78. The number of nitrogens with one attached hydrogen (secondary N) is 2. The van der Waals surface area contributed by atoms with E-state index in [2.05, 4.69) is 31.4 Å². The summed E-state index contributed by atoms with van der Waals surface area (Å²) in [5.41, 5.74) is 0.810. The number of anilines is 1. The summed E-state index contributed by atoms with van der Waals surface area (Å²) in [7, 11) is 0. The molecule has 0 aliphatic carbocycles. The Morgan fingerprint density at radius 2 is 1.28 bits per heavy atom. The van der Waals surface area contributed by atoms with Gasteiger partial charge in [0.25, 0.3) is 0 Å². The van der Waals surface area contributed by atoms with Gasteiger partial charge in [0, 0.05) is 5.69 Å². The van der Waals surface area contributed by atoms with E-state index in [0.717, 1.165) is 24.4 Å². The zero-order chi connectivity index (χ0) is 23.3. The van der Waals surface area contributed by atoms with E-state index >= 15 is 0 Å². The zero-order valence-corrected chi connectivity index (χ0v) is 21.2. The first-order chi connectivity index (χ1) is 15.6. The van der Waals surface area contributed by atoms with E-state index in [-0.39, 0.29) is 5.91 Å². The van der Waals surface area contributed by atoms with Gasteiger partial charge in [-0.1, -0.05) is 104 Å². The number of amides is 1. The summed E-state index contributed by atoms with van der Waals surface area (Å²) in [6.45, 7) is 8.51. The van der Waals surface area contributed by atoms with Crippen LogP contribution in [0, 0.1) is 5.92 Å². The van der Waals surface area contributed by atoms with Gasteiger partial charge in [-0.05, 0) is 43.1 Å². The quantitative estimate of drug-likeness (QED) is 0.190. The SMILES string of the molecule is CCCCCCCCCCCCCCCCNCC(=O)Nc1ccc(OCC(C)C)cc1. The molecule has 0 spiro atoms. The van der Waals surface area contributed by atoms with Crippen LogP contribution in [0.1, 0.15) is 111 Å². The summed E-state index contributed by atoms with van der Waals surface area (Å²) < 4.78 is 5.67. The minimum absolute atomic E-state index is 0.00575. The first-order valence-corrected chi connectivity index (χ1v) is 13.3. The minimum Gasteiger partial charge on any atom is -0.493 e. The third-order valence-electron chi connectivity index (χ3n) is 5.71. The predicted molar refractivity (Wildman–Crippen MR) is 139 cm³/mol. The van der Waals surface area contributed by atoms with Crippen LogP contribution >= 0.6 is 0 Å². The molecule has 0 heterocycles. The third-order valence-corrected chi connectivity index (χ3v) is 5.71. The Labute approximate surface area is 198 Å². The number of hydrogen-bond acceptors (Lipinski definition) is 3. The van der Waals surface area contributed by atoms with Crippen LogP contribution in [0.4, 0.5) is 5.69 Å². The van der Waals surface area contributed by atoms with Crippen molar-refractivity contribution in [2.45, 2.75) is 111 Å². The van der Waals surface area contributed by atoms with Crippen LogP contribution in [0.15, 0.2) is 24.3 Å². The van der Waals surface area contributed by atoms with Gasteiger partial charge in [0.15, 0.2) is 0 Å². The number of benzene rings is 1. The Kier molecular flexibility index (Phi) is 17.9. The van der Waals surface area contributed by atoms with Gasteiger partial charge < -0.3 is 15.4 Å². The second kappa shape index (κ2) is 20.1. The van der Waals surface area contributed by atoms with Crippen LogP contribution in [-0.2, 0) is 4.79 Å². The molecule has 0 aromatic heterocycles. The highest BCUT2D eigenvalue weighted by atomic mass is 16.5. The molecule has 0 saturated heterocycles. The molecule has 0 saturated carbocycles. The van der Waals surface area contributed by atoms with E-state index in [1.165, 1.54) is 83.5 Å². The van der Waals surface area contributed by atoms with Crippen molar-refractivity contribution in [3.63, 3.8) is 0 Å². The molecule has 184 valence electrons. The molecule has 0 aliphatic rings. The van der Waals surface area contributed by atoms with Gasteiger partial charge in [-0.2, -0.15) is 0 Å². The molecule has 2 N–H and O–H groups in total. The zero-order valence-electron chi connectivity index (χ0n) is 21.2. The number of carbonyl (C=O) groups is 1. The Morgan fingerprint density at radius 3 is 1.78 bits per heavy atom. The van der Waals surface area contributed by atoms with Crippen LogP contribution in [0.3, 0.4) is 0 Å². The first-order valence-electron chi connectivity index (χ1n) is 13.3. The topological polar surface area (TPSA) is 50.4 Å². The van der Waals surface area contributed by atoms with E-state index in [9.17, 15) is 4.79 Å². The van der Waals surface area contributed by atoms with Crippen molar-refractivity contribution in [2.75, 3.05) is 25.0 Å². The molecule has 0 bridgehead atoms. The average molecular weight is 447 g/mol. The van der Waals surface area contributed by atoms with Crippen molar-refractivity contribution >= 4 is 11.6 Å². The summed E-state index contributed by atoms with van der Waals surface area (Å²) >= 11 is 0. The molecule has 1 aromatic carbocycles. The first kappa shape index (κ1) is 28.5. The molecular weight excluding hydrogens is 396 g/mol. The summed E-state index contributed by atoms with van der Waals surface area (Å²) in [6, 6.07) is 7.59. The van der Waals surface area contributed by atoms with Crippen LogP contribution in [0.25, 0.3) is 0 Å².